The van der Waals surface area contributed by atoms with Gasteiger partial charge in [-0.15, -0.1) is 11.3 Å². The molecule has 4 heteroatoms. The molecule has 1 atom stereocenters. The number of rotatable bonds is 4. The molecule has 102 valence electrons. The van der Waals surface area contributed by atoms with Crippen LogP contribution in [-0.4, -0.2) is 16.9 Å². The highest BCUT2D eigenvalue weighted by molar-refractivity contribution is 7.11. The maximum absolute atomic E-state index is 5.93. The summed E-state index contributed by atoms with van der Waals surface area (Å²) >= 11 is 7.71. The van der Waals surface area contributed by atoms with E-state index in [4.69, 9.17) is 11.6 Å². The van der Waals surface area contributed by atoms with Crippen LogP contribution in [0.25, 0.3) is 0 Å². The molecule has 0 spiro atoms. The van der Waals surface area contributed by atoms with Gasteiger partial charge in [0.15, 0.2) is 0 Å². The Bertz CT molecular complexity index is 548. The Morgan fingerprint density at radius 2 is 1.89 bits per heavy atom. The van der Waals surface area contributed by atoms with Gasteiger partial charge in [0, 0.05) is 22.5 Å². The smallest absolute Gasteiger partial charge is 0.0900 e. The molecular formula is C15H19ClN2S. The Kier molecular flexibility index (Phi) is 4.61. The van der Waals surface area contributed by atoms with Crippen molar-refractivity contribution >= 4 is 22.9 Å². The molecule has 19 heavy (non-hydrogen) atoms. The molecule has 1 aromatic carbocycles. The van der Waals surface area contributed by atoms with Crippen molar-refractivity contribution in [3.8, 4) is 0 Å². The Balaban J connectivity index is 2.09. The second-order valence-corrected chi connectivity index (χ2v) is 6.61. The number of aryl methyl sites for hydroxylation is 2. The summed E-state index contributed by atoms with van der Waals surface area (Å²) in [6.45, 7) is 7.29. The van der Waals surface area contributed by atoms with Crippen LogP contribution in [0.3, 0.4) is 0 Å². The second kappa shape index (κ2) is 6.04. The van der Waals surface area contributed by atoms with Crippen LogP contribution in [-0.2, 0) is 6.54 Å². The molecule has 0 radical (unpaired) electrons. The SMILES string of the molecule is Cc1nc(C)c(CN(C)[C@@H](C)c2ccc(Cl)cc2)s1. The Morgan fingerprint density at radius 3 is 2.42 bits per heavy atom. The first-order valence-corrected chi connectivity index (χ1v) is 7.55. The van der Waals surface area contributed by atoms with Gasteiger partial charge < -0.3 is 0 Å². The summed E-state index contributed by atoms with van der Waals surface area (Å²) < 4.78 is 0. The summed E-state index contributed by atoms with van der Waals surface area (Å²) in [5.74, 6) is 0. The summed E-state index contributed by atoms with van der Waals surface area (Å²) in [6, 6.07) is 8.44. The van der Waals surface area contributed by atoms with Crippen LogP contribution in [0.2, 0.25) is 5.02 Å². The van der Waals surface area contributed by atoms with E-state index in [1.54, 1.807) is 11.3 Å². The average Bonchev–Trinajstić information content (AvgIpc) is 2.68. The zero-order valence-corrected chi connectivity index (χ0v) is 13.3. The molecule has 0 aliphatic rings. The molecule has 2 rings (SSSR count). The van der Waals surface area contributed by atoms with Gasteiger partial charge in [0.25, 0.3) is 0 Å². The summed E-state index contributed by atoms with van der Waals surface area (Å²) in [7, 11) is 2.15. The highest BCUT2D eigenvalue weighted by Gasteiger charge is 2.14. The number of benzene rings is 1. The van der Waals surface area contributed by atoms with Crippen LogP contribution in [0.1, 0.15) is 34.1 Å². The molecule has 0 saturated heterocycles. The minimum atomic E-state index is 0.360. The molecule has 0 fully saturated rings. The first-order chi connectivity index (χ1) is 8.97. The molecule has 2 aromatic rings. The van der Waals surface area contributed by atoms with E-state index in [-0.39, 0.29) is 0 Å². The first kappa shape index (κ1) is 14.5. The van der Waals surface area contributed by atoms with Crippen molar-refractivity contribution in [2.24, 2.45) is 0 Å². The van der Waals surface area contributed by atoms with Gasteiger partial charge >= 0.3 is 0 Å². The third-order valence-corrected chi connectivity index (χ3v) is 4.72. The molecular weight excluding hydrogens is 276 g/mol. The van der Waals surface area contributed by atoms with Crippen molar-refractivity contribution in [3.63, 3.8) is 0 Å². The molecule has 0 aliphatic heterocycles. The topological polar surface area (TPSA) is 16.1 Å². The van der Waals surface area contributed by atoms with Crippen molar-refractivity contribution in [2.75, 3.05) is 7.05 Å². The maximum Gasteiger partial charge on any atom is 0.0900 e. The van der Waals surface area contributed by atoms with Crippen LogP contribution >= 0.6 is 22.9 Å². The first-order valence-electron chi connectivity index (χ1n) is 6.36. The highest BCUT2D eigenvalue weighted by Crippen LogP contribution is 2.25. The highest BCUT2D eigenvalue weighted by atomic mass is 35.5. The van der Waals surface area contributed by atoms with Crippen LogP contribution in [0.5, 0.6) is 0 Å². The van der Waals surface area contributed by atoms with Gasteiger partial charge in [0.2, 0.25) is 0 Å². The van der Waals surface area contributed by atoms with Crippen LogP contribution in [0.4, 0.5) is 0 Å². The minimum absolute atomic E-state index is 0.360. The number of hydrogen-bond acceptors (Lipinski definition) is 3. The normalized spacial score (nSPS) is 12.9. The van der Waals surface area contributed by atoms with E-state index in [0.29, 0.717) is 6.04 Å². The van der Waals surface area contributed by atoms with Gasteiger partial charge in [-0.1, -0.05) is 23.7 Å². The van der Waals surface area contributed by atoms with Gasteiger partial charge in [-0.25, -0.2) is 4.98 Å². The number of hydrogen-bond donors (Lipinski definition) is 0. The van der Waals surface area contributed by atoms with Gasteiger partial charge in [-0.05, 0) is 45.5 Å². The van der Waals surface area contributed by atoms with E-state index in [2.05, 4.69) is 49.8 Å². The Hall–Kier alpha value is -0.900. The molecule has 1 aromatic heterocycles. The van der Waals surface area contributed by atoms with E-state index in [9.17, 15) is 0 Å². The maximum atomic E-state index is 5.93. The van der Waals surface area contributed by atoms with Crippen LogP contribution in [0.15, 0.2) is 24.3 Å². The second-order valence-electron chi connectivity index (χ2n) is 4.88. The zero-order valence-electron chi connectivity index (χ0n) is 11.8. The lowest BCUT2D eigenvalue weighted by Crippen LogP contribution is -2.21. The predicted octanol–water partition coefficient (Wildman–Crippen LogP) is 4.61. The lowest BCUT2D eigenvalue weighted by molar-refractivity contribution is 0.254. The van der Waals surface area contributed by atoms with E-state index < -0.39 is 0 Å². The minimum Gasteiger partial charge on any atom is -0.295 e. The molecule has 0 bridgehead atoms. The van der Waals surface area contributed by atoms with Gasteiger partial charge in [-0.2, -0.15) is 0 Å². The fourth-order valence-corrected chi connectivity index (χ4v) is 3.21. The predicted molar refractivity (Wildman–Crippen MR) is 82.9 cm³/mol. The zero-order chi connectivity index (χ0) is 14.0. The summed E-state index contributed by atoms with van der Waals surface area (Å²) in [6.07, 6.45) is 0. The molecule has 0 amide bonds. The summed E-state index contributed by atoms with van der Waals surface area (Å²) in [4.78, 5) is 8.17. The molecule has 0 N–H and O–H groups in total. The van der Waals surface area contributed by atoms with Crippen molar-refractivity contribution in [2.45, 2.75) is 33.4 Å². The van der Waals surface area contributed by atoms with Crippen molar-refractivity contribution < 1.29 is 0 Å². The number of nitrogens with zero attached hydrogens (tertiary/aromatic N) is 2. The fraction of sp³-hybridized carbons (Fsp3) is 0.400. The van der Waals surface area contributed by atoms with Crippen molar-refractivity contribution in [1.82, 2.24) is 9.88 Å². The van der Waals surface area contributed by atoms with E-state index >= 15 is 0 Å². The fourth-order valence-electron chi connectivity index (χ4n) is 2.08. The van der Waals surface area contributed by atoms with Crippen molar-refractivity contribution in [1.29, 1.82) is 0 Å². The number of thiazole rings is 1. The number of aromatic nitrogens is 1. The standard InChI is InChI=1S/C15H19ClN2S/c1-10-15(19-12(3)17-10)9-18(4)11(2)13-5-7-14(16)8-6-13/h5-8,11H,9H2,1-4H3/t11-/m0/s1. The monoisotopic (exact) mass is 294 g/mol. The molecule has 2 nitrogen and oxygen atoms in total. The molecule has 0 unspecified atom stereocenters. The van der Waals surface area contributed by atoms with Crippen LogP contribution < -0.4 is 0 Å². The van der Waals surface area contributed by atoms with Gasteiger partial charge in [0.1, 0.15) is 0 Å². The van der Waals surface area contributed by atoms with E-state index in [1.165, 1.54) is 10.4 Å². The van der Waals surface area contributed by atoms with Crippen molar-refractivity contribution in [3.05, 3.63) is 50.4 Å². The Labute approximate surface area is 124 Å². The summed E-state index contributed by atoms with van der Waals surface area (Å²) in [5, 5.41) is 1.92. The average molecular weight is 295 g/mol. The Morgan fingerprint density at radius 1 is 1.26 bits per heavy atom. The molecule has 0 saturated carbocycles. The van der Waals surface area contributed by atoms with E-state index in [0.717, 1.165) is 22.3 Å². The third kappa shape index (κ3) is 3.56. The lowest BCUT2D eigenvalue weighted by atomic mass is 10.1. The summed E-state index contributed by atoms with van der Waals surface area (Å²) in [5.41, 5.74) is 2.43. The third-order valence-electron chi connectivity index (χ3n) is 3.41. The quantitative estimate of drug-likeness (QED) is 0.819. The molecule has 0 aliphatic carbocycles. The van der Waals surface area contributed by atoms with E-state index in [1.807, 2.05) is 12.1 Å². The lowest BCUT2D eigenvalue weighted by Gasteiger charge is -2.24. The van der Waals surface area contributed by atoms with Gasteiger partial charge in [0.05, 0.1) is 10.7 Å². The van der Waals surface area contributed by atoms with Gasteiger partial charge in [-0.3, -0.25) is 4.90 Å². The van der Waals surface area contributed by atoms with Crippen LogP contribution in [0, 0.1) is 13.8 Å². The largest absolute Gasteiger partial charge is 0.295 e. The molecule has 1 heterocycles. The number of halogens is 1.